The monoisotopic (exact) mass is 437 g/mol. The van der Waals surface area contributed by atoms with Crippen LogP contribution in [0.4, 0.5) is 4.39 Å². The average Bonchev–Trinajstić information content (AvgIpc) is 2.85. The van der Waals surface area contributed by atoms with Gasteiger partial charge in [0, 0.05) is 18.7 Å². The minimum absolute atomic E-state index is 0.118. The summed E-state index contributed by atoms with van der Waals surface area (Å²) in [6, 6.07) is 25.6. The molecular weight excluding hydrogens is 409 g/mol. The largest absolute Gasteiger partial charge is 0.335 e. The van der Waals surface area contributed by atoms with Crippen LogP contribution in [0, 0.1) is 5.82 Å². The molecule has 1 aliphatic heterocycles. The second-order valence-corrected chi connectivity index (χ2v) is 9.07. The lowest BCUT2D eigenvalue weighted by Gasteiger charge is -2.33. The standard InChI is InChI=1S/C30H28FNO/c1-21-19-25(20-22-7-3-2-4-8-22)27-9-5-6-10-28(27)29(21)30(33)32-17-15-24(16-18-32)23-11-13-26(31)14-12-23/h2-15,25H,16-20H2,1H3. The molecule has 3 aromatic rings. The van der Waals surface area contributed by atoms with Gasteiger partial charge in [0.2, 0.25) is 0 Å². The van der Waals surface area contributed by atoms with Crippen LogP contribution in [0.25, 0.3) is 11.1 Å². The molecule has 166 valence electrons. The van der Waals surface area contributed by atoms with E-state index in [1.165, 1.54) is 34.4 Å². The molecule has 0 aromatic heterocycles. The van der Waals surface area contributed by atoms with Gasteiger partial charge in [-0.05, 0) is 72.1 Å². The van der Waals surface area contributed by atoms with Crippen molar-refractivity contribution in [2.75, 3.05) is 13.1 Å². The van der Waals surface area contributed by atoms with Gasteiger partial charge in [-0.3, -0.25) is 4.79 Å². The van der Waals surface area contributed by atoms with Crippen LogP contribution in [-0.2, 0) is 11.2 Å². The van der Waals surface area contributed by atoms with E-state index in [4.69, 9.17) is 0 Å². The van der Waals surface area contributed by atoms with Crippen molar-refractivity contribution in [2.45, 2.75) is 32.1 Å². The van der Waals surface area contributed by atoms with Crippen molar-refractivity contribution in [1.29, 1.82) is 0 Å². The first-order valence-electron chi connectivity index (χ1n) is 11.7. The van der Waals surface area contributed by atoms with Crippen LogP contribution in [-0.4, -0.2) is 23.9 Å². The second-order valence-electron chi connectivity index (χ2n) is 9.07. The van der Waals surface area contributed by atoms with E-state index in [0.717, 1.165) is 36.0 Å². The highest BCUT2D eigenvalue weighted by Crippen LogP contribution is 2.41. The number of nitrogens with zero attached hydrogens (tertiary/aromatic N) is 1. The van der Waals surface area contributed by atoms with Crippen LogP contribution >= 0.6 is 0 Å². The molecule has 33 heavy (non-hydrogen) atoms. The number of carbonyl (C=O) groups is 1. The molecule has 1 heterocycles. The van der Waals surface area contributed by atoms with Gasteiger partial charge in [-0.15, -0.1) is 0 Å². The number of halogens is 1. The summed E-state index contributed by atoms with van der Waals surface area (Å²) in [6.07, 6.45) is 4.76. The van der Waals surface area contributed by atoms with E-state index in [0.29, 0.717) is 19.0 Å². The maximum absolute atomic E-state index is 13.7. The normalized spacial score (nSPS) is 18.1. The maximum atomic E-state index is 13.7. The Morgan fingerprint density at radius 2 is 1.70 bits per heavy atom. The molecular formula is C30H28FNO. The highest BCUT2D eigenvalue weighted by Gasteiger charge is 2.31. The first-order chi connectivity index (χ1) is 16.1. The van der Waals surface area contributed by atoms with Gasteiger partial charge in [-0.25, -0.2) is 4.39 Å². The lowest BCUT2D eigenvalue weighted by molar-refractivity contribution is -0.124. The minimum atomic E-state index is -0.226. The summed E-state index contributed by atoms with van der Waals surface area (Å²) in [6.45, 7) is 3.37. The molecule has 1 atom stereocenters. The molecule has 0 bridgehead atoms. The second kappa shape index (κ2) is 9.19. The fourth-order valence-corrected chi connectivity index (χ4v) is 5.21. The van der Waals surface area contributed by atoms with E-state index in [-0.39, 0.29) is 11.7 Å². The molecule has 3 heteroatoms. The summed E-state index contributed by atoms with van der Waals surface area (Å²) in [4.78, 5) is 15.6. The predicted octanol–water partition coefficient (Wildman–Crippen LogP) is 6.65. The summed E-state index contributed by atoms with van der Waals surface area (Å²) >= 11 is 0. The summed E-state index contributed by atoms with van der Waals surface area (Å²) in [5.74, 6) is 0.273. The van der Waals surface area contributed by atoms with Crippen molar-refractivity contribution < 1.29 is 9.18 Å². The third-order valence-corrected chi connectivity index (χ3v) is 6.90. The Balaban J connectivity index is 1.38. The fraction of sp³-hybridized carbons (Fsp3) is 0.233. The van der Waals surface area contributed by atoms with Crippen molar-refractivity contribution >= 4 is 17.1 Å². The zero-order valence-corrected chi connectivity index (χ0v) is 18.9. The summed E-state index contributed by atoms with van der Waals surface area (Å²) < 4.78 is 13.3. The van der Waals surface area contributed by atoms with Crippen LogP contribution < -0.4 is 0 Å². The Hall–Kier alpha value is -3.46. The van der Waals surface area contributed by atoms with E-state index in [1.807, 2.05) is 23.1 Å². The van der Waals surface area contributed by atoms with E-state index < -0.39 is 0 Å². The molecule has 3 aromatic carbocycles. The first kappa shape index (κ1) is 21.4. The highest BCUT2D eigenvalue weighted by molar-refractivity contribution is 6.21. The number of hydrogen-bond acceptors (Lipinski definition) is 1. The van der Waals surface area contributed by atoms with Crippen LogP contribution in [0.1, 0.15) is 47.9 Å². The van der Waals surface area contributed by atoms with E-state index in [1.54, 1.807) is 0 Å². The lowest BCUT2D eigenvalue weighted by Crippen LogP contribution is -2.36. The van der Waals surface area contributed by atoms with Crippen molar-refractivity contribution in [1.82, 2.24) is 4.90 Å². The van der Waals surface area contributed by atoms with Crippen LogP contribution in [0.3, 0.4) is 0 Å². The maximum Gasteiger partial charge on any atom is 0.254 e. The third kappa shape index (κ3) is 4.41. The first-order valence-corrected chi connectivity index (χ1v) is 11.7. The third-order valence-electron chi connectivity index (χ3n) is 6.90. The van der Waals surface area contributed by atoms with Crippen molar-refractivity contribution in [3.05, 3.63) is 119 Å². The summed E-state index contributed by atoms with van der Waals surface area (Å²) in [5.41, 5.74) is 7.94. The molecule has 0 saturated carbocycles. The van der Waals surface area contributed by atoms with Crippen molar-refractivity contribution in [3.8, 4) is 0 Å². The molecule has 0 spiro atoms. The number of carbonyl (C=O) groups excluding carboxylic acids is 1. The number of allylic oxidation sites excluding steroid dienone is 1. The Bertz CT molecular complexity index is 1220. The number of hydrogen-bond donors (Lipinski definition) is 0. The van der Waals surface area contributed by atoms with Gasteiger partial charge in [-0.1, -0.05) is 78.4 Å². The number of benzene rings is 3. The molecule has 0 saturated heterocycles. The minimum Gasteiger partial charge on any atom is -0.335 e. The molecule has 1 aliphatic carbocycles. The molecule has 1 amide bonds. The predicted molar refractivity (Wildman–Crippen MR) is 132 cm³/mol. The van der Waals surface area contributed by atoms with Crippen molar-refractivity contribution in [2.24, 2.45) is 0 Å². The quantitative estimate of drug-likeness (QED) is 0.448. The molecule has 1 unspecified atom stereocenters. The van der Waals surface area contributed by atoms with Crippen LogP contribution in [0.15, 0.2) is 90.5 Å². The SMILES string of the molecule is CC1=C(C(=O)N2CC=C(c3ccc(F)cc3)CC2)c2ccccc2C(Cc2ccccc2)C1. The Morgan fingerprint density at radius 1 is 0.970 bits per heavy atom. The Morgan fingerprint density at radius 3 is 2.42 bits per heavy atom. The topological polar surface area (TPSA) is 20.3 Å². The smallest absolute Gasteiger partial charge is 0.254 e. The van der Waals surface area contributed by atoms with Gasteiger partial charge < -0.3 is 4.90 Å². The molecule has 2 aliphatic rings. The van der Waals surface area contributed by atoms with E-state index in [2.05, 4.69) is 61.5 Å². The Labute approximate surface area is 195 Å². The lowest BCUT2D eigenvalue weighted by atomic mass is 9.76. The average molecular weight is 438 g/mol. The molecule has 0 fully saturated rings. The van der Waals surface area contributed by atoms with Crippen LogP contribution in [0.5, 0.6) is 0 Å². The van der Waals surface area contributed by atoms with Crippen molar-refractivity contribution in [3.63, 3.8) is 0 Å². The van der Waals surface area contributed by atoms with Gasteiger partial charge in [0.05, 0.1) is 0 Å². The van der Waals surface area contributed by atoms with Gasteiger partial charge in [-0.2, -0.15) is 0 Å². The zero-order valence-electron chi connectivity index (χ0n) is 18.9. The summed E-state index contributed by atoms with van der Waals surface area (Å²) in [7, 11) is 0. The van der Waals surface area contributed by atoms with Gasteiger partial charge >= 0.3 is 0 Å². The van der Waals surface area contributed by atoms with E-state index in [9.17, 15) is 9.18 Å². The van der Waals surface area contributed by atoms with Crippen LogP contribution in [0.2, 0.25) is 0 Å². The summed E-state index contributed by atoms with van der Waals surface area (Å²) in [5, 5.41) is 0. The molecule has 5 rings (SSSR count). The van der Waals surface area contributed by atoms with E-state index >= 15 is 0 Å². The number of amides is 1. The van der Waals surface area contributed by atoms with Gasteiger partial charge in [0.1, 0.15) is 5.82 Å². The fourth-order valence-electron chi connectivity index (χ4n) is 5.21. The number of rotatable bonds is 4. The molecule has 2 nitrogen and oxygen atoms in total. The Kier molecular flexibility index (Phi) is 5.95. The zero-order chi connectivity index (χ0) is 22.8. The molecule has 0 radical (unpaired) electrons. The van der Waals surface area contributed by atoms with Gasteiger partial charge in [0.15, 0.2) is 0 Å². The number of fused-ring (bicyclic) bond motifs is 1. The molecule has 0 N–H and O–H groups in total. The van der Waals surface area contributed by atoms with Gasteiger partial charge in [0.25, 0.3) is 5.91 Å². The highest BCUT2D eigenvalue weighted by atomic mass is 19.1.